The molecule has 16 heavy (non-hydrogen) atoms. The van der Waals surface area contributed by atoms with E-state index < -0.39 is 5.95 Å². The van der Waals surface area contributed by atoms with E-state index in [2.05, 4.69) is 16.4 Å². The molecule has 0 bridgehead atoms. The van der Waals surface area contributed by atoms with Crippen LogP contribution in [0, 0.1) is 17.8 Å². The standard InChI is InChI=1S/C13H15FN2/c14-13-5-4-10(7-16-13)11-3-1-2-9-6-15-8-12(9)11/h3-5,7,9,12,15H,1-2,6,8H2/t9-,12+/m0/s1. The van der Waals surface area contributed by atoms with Crippen molar-refractivity contribution in [2.24, 2.45) is 11.8 Å². The molecule has 1 aliphatic heterocycles. The number of pyridine rings is 1. The Kier molecular flexibility index (Phi) is 2.48. The molecule has 0 unspecified atom stereocenters. The predicted octanol–water partition coefficient (Wildman–Crippen LogP) is 2.23. The van der Waals surface area contributed by atoms with Crippen LogP contribution >= 0.6 is 0 Å². The molecular weight excluding hydrogens is 203 g/mol. The summed E-state index contributed by atoms with van der Waals surface area (Å²) in [6.07, 6.45) is 6.36. The molecule has 0 aromatic carbocycles. The Balaban J connectivity index is 1.93. The van der Waals surface area contributed by atoms with Crippen molar-refractivity contribution in [3.63, 3.8) is 0 Å². The van der Waals surface area contributed by atoms with Crippen LogP contribution < -0.4 is 5.32 Å². The molecular formula is C13H15FN2. The van der Waals surface area contributed by atoms with Gasteiger partial charge >= 0.3 is 0 Å². The highest BCUT2D eigenvalue weighted by atomic mass is 19.1. The Morgan fingerprint density at radius 2 is 2.25 bits per heavy atom. The van der Waals surface area contributed by atoms with E-state index in [1.807, 2.05) is 6.07 Å². The van der Waals surface area contributed by atoms with Crippen molar-refractivity contribution in [1.82, 2.24) is 10.3 Å². The molecule has 2 atom stereocenters. The van der Waals surface area contributed by atoms with Crippen LogP contribution in [0.15, 0.2) is 24.4 Å². The van der Waals surface area contributed by atoms with Gasteiger partial charge in [-0.15, -0.1) is 0 Å². The largest absolute Gasteiger partial charge is 0.316 e. The molecule has 1 fully saturated rings. The first-order chi connectivity index (χ1) is 7.84. The highest BCUT2D eigenvalue weighted by molar-refractivity contribution is 5.68. The zero-order valence-corrected chi connectivity index (χ0v) is 9.12. The lowest BCUT2D eigenvalue weighted by Gasteiger charge is -2.26. The van der Waals surface area contributed by atoms with Crippen LogP contribution in [0.2, 0.25) is 0 Å². The molecule has 0 saturated carbocycles. The molecule has 0 spiro atoms. The van der Waals surface area contributed by atoms with Crippen LogP contribution in [0.4, 0.5) is 4.39 Å². The third-order valence-electron chi connectivity index (χ3n) is 3.70. The van der Waals surface area contributed by atoms with Crippen molar-refractivity contribution in [1.29, 1.82) is 0 Å². The lowest BCUT2D eigenvalue weighted by atomic mass is 9.78. The SMILES string of the molecule is Fc1ccc(C2=CCC[C@H]3CNC[C@@H]23)cn1. The van der Waals surface area contributed by atoms with Crippen LogP contribution in [-0.4, -0.2) is 18.1 Å². The molecule has 84 valence electrons. The van der Waals surface area contributed by atoms with E-state index >= 15 is 0 Å². The molecule has 3 heteroatoms. The van der Waals surface area contributed by atoms with E-state index in [0.29, 0.717) is 5.92 Å². The highest BCUT2D eigenvalue weighted by Gasteiger charge is 2.32. The van der Waals surface area contributed by atoms with Gasteiger partial charge in [-0.1, -0.05) is 6.08 Å². The summed E-state index contributed by atoms with van der Waals surface area (Å²) in [4.78, 5) is 3.74. The summed E-state index contributed by atoms with van der Waals surface area (Å²) in [6.45, 7) is 2.17. The Morgan fingerprint density at radius 3 is 3.06 bits per heavy atom. The van der Waals surface area contributed by atoms with Gasteiger partial charge in [-0.2, -0.15) is 4.39 Å². The molecule has 2 aliphatic rings. The number of fused-ring (bicyclic) bond motifs is 1. The highest BCUT2D eigenvalue weighted by Crippen LogP contribution is 2.38. The first-order valence-corrected chi connectivity index (χ1v) is 5.87. The maximum atomic E-state index is 12.8. The van der Waals surface area contributed by atoms with Gasteiger partial charge in [0.25, 0.3) is 0 Å². The second-order valence-corrected chi connectivity index (χ2v) is 4.63. The number of halogens is 1. The van der Waals surface area contributed by atoms with Gasteiger partial charge in [-0.3, -0.25) is 0 Å². The fourth-order valence-electron chi connectivity index (χ4n) is 2.88. The van der Waals surface area contributed by atoms with Crippen molar-refractivity contribution in [3.8, 4) is 0 Å². The van der Waals surface area contributed by atoms with E-state index in [9.17, 15) is 4.39 Å². The summed E-state index contributed by atoms with van der Waals surface area (Å²) in [7, 11) is 0. The first kappa shape index (κ1) is 9.97. The van der Waals surface area contributed by atoms with E-state index in [1.165, 1.54) is 18.1 Å². The molecule has 1 aliphatic carbocycles. The zero-order valence-electron chi connectivity index (χ0n) is 9.12. The number of nitrogens with zero attached hydrogens (tertiary/aromatic N) is 1. The van der Waals surface area contributed by atoms with Crippen LogP contribution in [0.5, 0.6) is 0 Å². The van der Waals surface area contributed by atoms with E-state index in [0.717, 1.165) is 31.0 Å². The Morgan fingerprint density at radius 1 is 1.31 bits per heavy atom. The second-order valence-electron chi connectivity index (χ2n) is 4.63. The summed E-state index contributed by atoms with van der Waals surface area (Å²) >= 11 is 0. The Labute approximate surface area is 94.6 Å². The first-order valence-electron chi connectivity index (χ1n) is 5.87. The van der Waals surface area contributed by atoms with Gasteiger partial charge in [0, 0.05) is 18.7 Å². The number of aromatic nitrogens is 1. The normalized spacial score (nSPS) is 28.7. The lowest BCUT2D eigenvalue weighted by Crippen LogP contribution is -2.17. The quantitative estimate of drug-likeness (QED) is 0.731. The number of rotatable bonds is 1. The molecule has 1 aromatic heterocycles. The molecule has 2 nitrogen and oxygen atoms in total. The van der Waals surface area contributed by atoms with Gasteiger partial charge in [-0.25, -0.2) is 4.98 Å². The molecule has 2 heterocycles. The molecule has 1 saturated heterocycles. The van der Waals surface area contributed by atoms with Crippen LogP contribution in [0.1, 0.15) is 18.4 Å². The molecule has 1 aromatic rings. The van der Waals surface area contributed by atoms with Crippen LogP contribution in [0.3, 0.4) is 0 Å². The van der Waals surface area contributed by atoms with Crippen LogP contribution in [-0.2, 0) is 0 Å². The van der Waals surface area contributed by atoms with Gasteiger partial charge < -0.3 is 5.32 Å². The molecule has 3 rings (SSSR count). The van der Waals surface area contributed by atoms with Crippen molar-refractivity contribution in [3.05, 3.63) is 35.9 Å². The van der Waals surface area contributed by atoms with Gasteiger partial charge in [0.2, 0.25) is 5.95 Å². The average molecular weight is 218 g/mol. The van der Waals surface area contributed by atoms with E-state index in [1.54, 1.807) is 6.20 Å². The summed E-state index contributed by atoms with van der Waals surface area (Å²) in [5.41, 5.74) is 2.44. The summed E-state index contributed by atoms with van der Waals surface area (Å²) in [6, 6.07) is 3.29. The van der Waals surface area contributed by atoms with Crippen molar-refractivity contribution < 1.29 is 4.39 Å². The predicted molar refractivity (Wildman–Crippen MR) is 61.3 cm³/mol. The Bertz CT molecular complexity index is 410. The van der Waals surface area contributed by atoms with Crippen molar-refractivity contribution in [2.45, 2.75) is 12.8 Å². The number of hydrogen-bond donors (Lipinski definition) is 1. The third-order valence-corrected chi connectivity index (χ3v) is 3.70. The van der Waals surface area contributed by atoms with Crippen molar-refractivity contribution in [2.75, 3.05) is 13.1 Å². The minimum absolute atomic E-state index is 0.402. The van der Waals surface area contributed by atoms with Crippen molar-refractivity contribution >= 4 is 5.57 Å². The second kappa shape index (κ2) is 3.98. The fraction of sp³-hybridized carbons (Fsp3) is 0.462. The maximum absolute atomic E-state index is 12.8. The summed E-state index contributed by atoms with van der Waals surface area (Å²) < 4.78 is 12.8. The number of hydrogen-bond acceptors (Lipinski definition) is 2. The number of allylic oxidation sites excluding steroid dienone is 1. The number of nitrogens with one attached hydrogen (secondary N) is 1. The zero-order chi connectivity index (χ0) is 11.0. The summed E-state index contributed by atoms with van der Waals surface area (Å²) in [5, 5.41) is 3.44. The average Bonchev–Trinajstić information content (AvgIpc) is 2.78. The molecule has 0 amide bonds. The minimum Gasteiger partial charge on any atom is -0.316 e. The third kappa shape index (κ3) is 1.65. The van der Waals surface area contributed by atoms with Gasteiger partial charge in [0.1, 0.15) is 0 Å². The molecule has 0 radical (unpaired) electrons. The van der Waals surface area contributed by atoms with Crippen LogP contribution in [0.25, 0.3) is 5.57 Å². The van der Waals surface area contributed by atoms with Gasteiger partial charge in [0.05, 0.1) is 0 Å². The minimum atomic E-state index is -0.402. The fourth-order valence-corrected chi connectivity index (χ4v) is 2.88. The molecule has 1 N–H and O–H groups in total. The summed E-state index contributed by atoms with van der Waals surface area (Å²) in [5.74, 6) is 0.951. The Hall–Kier alpha value is -1.22. The monoisotopic (exact) mass is 218 g/mol. The van der Waals surface area contributed by atoms with Gasteiger partial charge in [-0.05, 0) is 48.6 Å². The maximum Gasteiger partial charge on any atom is 0.212 e. The topological polar surface area (TPSA) is 24.9 Å². The van der Waals surface area contributed by atoms with Gasteiger partial charge in [0.15, 0.2) is 0 Å². The van der Waals surface area contributed by atoms with E-state index in [-0.39, 0.29) is 0 Å². The smallest absolute Gasteiger partial charge is 0.212 e. The van der Waals surface area contributed by atoms with E-state index in [4.69, 9.17) is 0 Å². The lowest BCUT2D eigenvalue weighted by molar-refractivity contribution is 0.454.